The lowest BCUT2D eigenvalue weighted by molar-refractivity contribution is -0.139. The van der Waals surface area contributed by atoms with Gasteiger partial charge in [0.05, 0.1) is 5.41 Å². The van der Waals surface area contributed by atoms with Crippen LogP contribution in [0.25, 0.3) is 0 Å². The summed E-state index contributed by atoms with van der Waals surface area (Å²) in [6.07, 6.45) is 3.54. The van der Waals surface area contributed by atoms with Crippen LogP contribution >= 0.6 is 0 Å². The van der Waals surface area contributed by atoms with E-state index in [2.05, 4.69) is 5.32 Å². The quantitative estimate of drug-likeness (QED) is 0.760. The van der Waals surface area contributed by atoms with Gasteiger partial charge in [-0.3, -0.25) is 9.59 Å². The average molecular weight is 376 g/mol. The molecule has 0 saturated heterocycles. The fourth-order valence-electron chi connectivity index (χ4n) is 3.79. The van der Waals surface area contributed by atoms with Crippen molar-refractivity contribution in [1.82, 2.24) is 10.2 Å². The first-order valence-electron chi connectivity index (χ1n) is 9.12. The molecule has 1 fully saturated rings. The van der Waals surface area contributed by atoms with Gasteiger partial charge in [-0.15, -0.1) is 0 Å². The summed E-state index contributed by atoms with van der Waals surface area (Å²) in [4.78, 5) is 37.5. The molecule has 0 heterocycles. The average Bonchev–Trinajstić information content (AvgIpc) is 3.07. The zero-order valence-electron chi connectivity index (χ0n) is 16.4. The Kier molecular flexibility index (Phi) is 6.46. The Morgan fingerprint density at radius 3 is 2.19 bits per heavy atom. The van der Waals surface area contributed by atoms with Crippen LogP contribution in [-0.4, -0.2) is 55.0 Å². The zero-order valence-corrected chi connectivity index (χ0v) is 16.4. The van der Waals surface area contributed by atoms with Crippen molar-refractivity contribution in [3.8, 4) is 5.75 Å². The summed E-state index contributed by atoms with van der Waals surface area (Å²) in [5.74, 6) is -0.763. The second-order valence-corrected chi connectivity index (χ2v) is 7.49. The van der Waals surface area contributed by atoms with Crippen LogP contribution in [0.5, 0.6) is 5.75 Å². The van der Waals surface area contributed by atoms with Crippen molar-refractivity contribution in [3.05, 3.63) is 28.8 Å². The van der Waals surface area contributed by atoms with Gasteiger partial charge >= 0.3 is 5.97 Å². The largest absolute Gasteiger partial charge is 0.481 e. The van der Waals surface area contributed by atoms with Crippen molar-refractivity contribution in [2.24, 2.45) is 5.41 Å². The molecule has 2 amide bonds. The molecule has 0 unspecified atom stereocenters. The maximum Gasteiger partial charge on any atom is 0.341 e. The molecule has 1 aliphatic carbocycles. The monoisotopic (exact) mass is 376 g/mol. The minimum atomic E-state index is -1.05. The number of benzene rings is 1. The van der Waals surface area contributed by atoms with Gasteiger partial charge in [-0.2, -0.15) is 0 Å². The molecular weight excluding hydrogens is 348 g/mol. The summed E-state index contributed by atoms with van der Waals surface area (Å²) in [6, 6.07) is 3.35. The fourth-order valence-corrected chi connectivity index (χ4v) is 3.79. The zero-order chi connectivity index (χ0) is 20.2. The summed E-state index contributed by atoms with van der Waals surface area (Å²) in [5.41, 5.74) is 1.34. The van der Waals surface area contributed by atoms with Gasteiger partial charge in [0, 0.05) is 26.2 Å². The molecule has 1 aliphatic rings. The highest BCUT2D eigenvalue weighted by molar-refractivity contribution is 5.95. The van der Waals surface area contributed by atoms with E-state index in [4.69, 9.17) is 9.84 Å². The number of nitrogens with one attached hydrogen (secondary N) is 1. The lowest BCUT2D eigenvalue weighted by Crippen LogP contribution is -2.46. The number of amides is 2. The summed E-state index contributed by atoms with van der Waals surface area (Å²) < 4.78 is 5.30. The third-order valence-corrected chi connectivity index (χ3v) is 5.07. The Balaban J connectivity index is 2.11. The molecular formula is C20H28N2O5. The van der Waals surface area contributed by atoms with E-state index in [9.17, 15) is 14.4 Å². The highest BCUT2D eigenvalue weighted by atomic mass is 16.5. The predicted octanol–water partition coefficient (Wildman–Crippen LogP) is 2.15. The molecule has 0 radical (unpaired) electrons. The van der Waals surface area contributed by atoms with Gasteiger partial charge in [0.1, 0.15) is 5.75 Å². The van der Waals surface area contributed by atoms with Gasteiger partial charge in [-0.1, -0.05) is 12.8 Å². The minimum absolute atomic E-state index is 0.0603. The third kappa shape index (κ3) is 4.78. The van der Waals surface area contributed by atoms with Crippen LogP contribution in [0.1, 0.15) is 47.2 Å². The molecule has 1 aromatic carbocycles. The van der Waals surface area contributed by atoms with E-state index in [1.807, 2.05) is 0 Å². The van der Waals surface area contributed by atoms with Gasteiger partial charge in [0.2, 0.25) is 5.91 Å². The molecule has 1 saturated carbocycles. The standard InChI is InChI=1S/C20H28N2O5/c1-13-9-15(10-14(2)17(13)27-11-16(23)24)18(25)21-12-20(7-5-6-8-20)19(26)22(3)4/h9-10H,5-8,11-12H2,1-4H3,(H,21,25)(H,23,24). The van der Waals surface area contributed by atoms with E-state index in [0.29, 0.717) is 29.0 Å². The Morgan fingerprint density at radius 2 is 1.70 bits per heavy atom. The van der Waals surface area contributed by atoms with Crippen molar-refractivity contribution in [2.75, 3.05) is 27.2 Å². The lowest BCUT2D eigenvalue weighted by atomic mass is 9.84. The number of aryl methyl sites for hydroxylation is 2. The molecule has 148 valence electrons. The number of carbonyl (C=O) groups is 3. The van der Waals surface area contributed by atoms with Gasteiger partial charge in [0.15, 0.2) is 6.61 Å². The van der Waals surface area contributed by atoms with Crippen molar-refractivity contribution >= 4 is 17.8 Å². The van der Waals surface area contributed by atoms with E-state index in [1.165, 1.54) is 0 Å². The van der Waals surface area contributed by atoms with Gasteiger partial charge < -0.3 is 20.1 Å². The Hall–Kier alpha value is -2.57. The van der Waals surface area contributed by atoms with E-state index in [1.54, 1.807) is 45.0 Å². The topological polar surface area (TPSA) is 95.9 Å². The molecule has 1 aromatic rings. The van der Waals surface area contributed by atoms with Crippen LogP contribution in [0.15, 0.2) is 12.1 Å². The van der Waals surface area contributed by atoms with Crippen LogP contribution < -0.4 is 10.1 Å². The molecule has 0 aromatic heterocycles. The molecule has 2 N–H and O–H groups in total. The van der Waals surface area contributed by atoms with E-state index in [-0.39, 0.29) is 11.8 Å². The number of ether oxygens (including phenoxy) is 1. The van der Waals surface area contributed by atoms with Gasteiger partial charge in [-0.05, 0) is 49.9 Å². The number of carbonyl (C=O) groups excluding carboxylic acids is 2. The van der Waals surface area contributed by atoms with Crippen molar-refractivity contribution < 1.29 is 24.2 Å². The third-order valence-electron chi connectivity index (χ3n) is 5.07. The minimum Gasteiger partial charge on any atom is -0.481 e. The van der Waals surface area contributed by atoms with Crippen molar-refractivity contribution in [1.29, 1.82) is 0 Å². The summed E-state index contributed by atoms with van der Waals surface area (Å²) >= 11 is 0. The van der Waals surface area contributed by atoms with Crippen LogP contribution in [0, 0.1) is 19.3 Å². The first-order chi connectivity index (χ1) is 12.7. The van der Waals surface area contributed by atoms with Gasteiger partial charge in [0.25, 0.3) is 5.91 Å². The Morgan fingerprint density at radius 1 is 1.15 bits per heavy atom. The smallest absolute Gasteiger partial charge is 0.341 e. The Bertz CT molecular complexity index is 713. The van der Waals surface area contributed by atoms with E-state index < -0.39 is 18.0 Å². The second kappa shape index (κ2) is 8.41. The number of carboxylic acids is 1. The first kappa shape index (κ1) is 20.7. The van der Waals surface area contributed by atoms with Crippen LogP contribution in [-0.2, 0) is 9.59 Å². The summed E-state index contributed by atoms with van der Waals surface area (Å²) in [7, 11) is 3.49. The van der Waals surface area contributed by atoms with Crippen molar-refractivity contribution in [3.63, 3.8) is 0 Å². The van der Waals surface area contributed by atoms with E-state index in [0.717, 1.165) is 25.7 Å². The highest BCUT2D eigenvalue weighted by Crippen LogP contribution is 2.39. The van der Waals surface area contributed by atoms with Gasteiger partial charge in [-0.25, -0.2) is 4.79 Å². The summed E-state index contributed by atoms with van der Waals surface area (Å²) in [5, 5.41) is 11.7. The number of hydrogen-bond acceptors (Lipinski definition) is 4. The molecule has 0 aliphatic heterocycles. The number of aliphatic carboxylic acids is 1. The second-order valence-electron chi connectivity index (χ2n) is 7.49. The van der Waals surface area contributed by atoms with Crippen LogP contribution in [0.3, 0.4) is 0 Å². The maximum atomic E-state index is 12.6. The fraction of sp³-hybridized carbons (Fsp3) is 0.550. The molecule has 7 heteroatoms. The van der Waals surface area contributed by atoms with E-state index >= 15 is 0 Å². The maximum absolute atomic E-state index is 12.6. The molecule has 2 rings (SSSR count). The number of carboxylic acid groups (broad SMARTS) is 1. The number of hydrogen-bond donors (Lipinski definition) is 2. The normalized spacial score (nSPS) is 15.3. The molecule has 0 atom stereocenters. The molecule has 0 bridgehead atoms. The summed E-state index contributed by atoms with van der Waals surface area (Å²) in [6.45, 7) is 3.44. The molecule has 27 heavy (non-hydrogen) atoms. The highest BCUT2D eigenvalue weighted by Gasteiger charge is 2.42. The lowest BCUT2D eigenvalue weighted by Gasteiger charge is -2.30. The number of nitrogens with zero attached hydrogens (tertiary/aromatic N) is 1. The first-order valence-corrected chi connectivity index (χ1v) is 9.12. The number of rotatable bonds is 7. The predicted molar refractivity (Wildman–Crippen MR) is 101 cm³/mol. The van der Waals surface area contributed by atoms with Crippen LogP contribution in [0.4, 0.5) is 0 Å². The molecule has 7 nitrogen and oxygen atoms in total. The van der Waals surface area contributed by atoms with Crippen LogP contribution in [0.2, 0.25) is 0 Å². The SMILES string of the molecule is Cc1cc(C(=O)NCC2(C(=O)N(C)C)CCCC2)cc(C)c1OCC(=O)O. The van der Waals surface area contributed by atoms with Crippen molar-refractivity contribution in [2.45, 2.75) is 39.5 Å². The molecule has 0 spiro atoms. The Labute approximate surface area is 159 Å².